The fourth-order valence-electron chi connectivity index (χ4n) is 6.30. The van der Waals surface area contributed by atoms with Crippen molar-refractivity contribution in [3.63, 3.8) is 0 Å². The Morgan fingerprint density at radius 3 is 2.33 bits per heavy atom. The average molecular weight is 560 g/mol. The van der Waals surface area contributed by atoms with E-state index in [2.05, 4.69) is 15.5 Å². The van der Waals surface area contributed by atoms with Crippen molar-refractivity contribution in [1.29, 1.82) is 0 Å². The van der Waals surface area contributed by atoms with Gasteiger partial charge in [0.25, 0.3) is 5.91 Å². The normalized spacial score (nSPS) is 19.8. The predicted octanol–water partition coefficient (Wildman–Crippen LogP) is 6.24. The number of rotatable bonds is 7. The van der Waals surface area contributed by atoms with Crippen LogP contribution in [0.2, 0.25) is 0 Å². The molecule has 2 heterocycles. The molecule has 0 radical (unpaired) electrons. The van der Waals surface area contributed by atoms with Crippen LogP contribution in [0.25, 0.3) is 0 Å². The Labute approximate surface area is 228 Å². The van der Waals surface area contributed by atoms with Gasteiger partial charge in [0.1, 0.15) is 6.33 Å². The Kier molecular flexibility index (Phi) is 6.10. The molecule has 2 aromatic carbocycles. The van der Waals surface area contributed by atoms with Crippen molar-refractivity contribution in [1.82, 2.24) is 20.1 Å². The molecular formula is C29H30F5N5O. The number of fused-ring (bicyclic) bond motifs is 1. The molecule has 0 spiro atoms. The van der Waals surface area contributed by atoms with Gasteiger partial charge >= 0.3 is 12.1 Å². The first-order valence-corrected chi connectivity index (χ1v) is 13.5. The van der Waals surface area contributed by atoms with Crippen LogP contribution >= 0.6 is 0 Å². The molecule has 1 amide bonds. The number of anilines is 1. The number of aromatic nitrogens is 3. The van der Waals surface area contributed by atoms with Crippen molar-refractivity contribution in [2.45, 2.75) is 81.6 Å². The molecule has 2 saturated carbocycles. The van der Waals surface area contributed by atoms with Crippen LogP contribution in [0.3, 0.4) is 0 Å². The summed E-state index contributed by atoms with van der Waals surface area (Å²) in [6, 6.07) is 8.90. The highest BCUT2D eigenvalue weighted by atomic mass is 19.4. The van der Waals surface area contributed by atoms with E-state index in [4.69, 9.17) is 0 Å². The summed E-state index contributed by atoms with van der Waals surface area (Å²) in [6.07, 6.45) is 0.550. The molecule has 0 unspecified atom stereocenters. The minimum Gasteiger partial charge on any atom is -0.316 e. The first-order valence-electron chi connectivity index (χ1n) is 13.5. The largest absolute Gasteiger partial charge is 0.416 e. The summed E-state index contributed by atoms with van der Waals surface area (Å²) in [5, 5.41) is 10.6. The first-order chi connectivity index (χ1) is 18.8. The zero-order valence-corrected chi connectivity index (χ0v) is 22.3. The minimum absolute atomic E-state index is 0.00133. The molecule has 6 nitrogen and oxygen atoms in total. The van der Waals surface area contributed by atoms with Gasteiger partial charge in [-0.1, -0.05) is 18.6 Å². The number of nitrogens with zero attached hydrogens (tertiary/aromatic N) is 4. The first kappa shape index (κ1) is 26.9. The Bertz CT molecular complexity index is 1470. The Hall–Kier alpha value is -3.34. The number of hydrogen-bond donors (Lipinski definition) is 1. The maximum absolute atomic E-state index is 15.9. The monoisotopic (exact) mass is 559 g/mol. The van der Waals surface area contributed by atoms with Gasteiger partial charge < -0.3 is 14.8 Å². The van der Waals surface area contributed by atoms with Gasteiger partial charge in [0.2, 0.25) is 5.82 Å². The molecule has 6 rings (SSSR count). The van der Waals surface area contributed by atoms with Crippen molar-refractivity contribution in [2.75, 3.05) is 4.90 Å². The standard InChI is InChI=1S/C29H30F5N5O/c1-26(8-4-9-26)35-15-18-12-21-22(23(13-18)29(32,33)34)16-39(24(21)40)20-7-3-6-19(14-20)27(10-5-11-27)28(30,31)25-37-36-17-38(25)2/h3,6-7,12-14,17,35H,4-5,8-11,15-16H2,1-2H3. The summed E-state index contributed by atoms with van der Waals surface area (Å²) in [5.41, 5.74) is -1.60. The summed E-state index contributed by atoms with van der Waals surface area (Å²) in [5.74, 6) is -4.36. The van der Waals surface area contributed by atoms with Crippen LogP contribution in [0.4, 0.5) is 27.6 Å². The van der Waals surface area contributed by atoms with Crippen molar-refractivity contribution in [3.8, 4) is 0 Å². The molecule has 11 heteroatoms. The van der Waals surface area contributed by atoms with Gasteiger partial charge in [0.15, 0.2) is 0 Å². The highest BCUT2D eigenvalue weighted by molar-refractivity contribution is 6.10. The third-order valence-corrected chi connectivity index (χ3v) is 9.09. The summed E-state index contributed by atoms with van der Waals surface area (Å²) in [4.78, 5) is 14.8. The van der Waals surface area contributed by atoms with Gasteiger partial charge in [-0.05, 0) is 80.0 Å². The smallest absolute Gasteiger partial charge is 0.316 e. The van der Waals surface area contributed by atoms with E-state index in [0.717, 1.165) is 25.3 Å². The third-order valence-electron chi connectivity index (χ3n) is 9.09. The van der Waals surface area contributed by atoms with Crippen LogP contribution in [0.1, 0.15) is 83.9 Å². The molecule has 0 atom stereocenters. The van der Waals surface area contributed by atoms with E-state index < -0.39 is 34.8 Å². The summed E-state index contributed by atoms with van der Waals surface area (Å²) in [7, 11) is 1.46. The third kappa shape index (κ3) is 4.12. The second-order valence-electron chi connectivity index (χ2n) is 11.7. The maximum atomic E-state index is 15.9. The number of benzene rings is 2. The molecular weight excluding hydrogens is 529 g/mol. The molecule has 1 aromatic heterocycles. The van der Waals surface area contributed by atoms with Gasteiger partial charge in [0, 0.05) is 30.4 Å². The fourth-order valence-corrected chi connectivity index (χ4v) is 6.30. The maximum Gasteiger partial charge on any atom is 0.416 e. The van der Waals surface area contributed by atoms with E-state index in [1.54, 1.807) is 18.2 Å². The quantitative estimate of drug-likeness (QED) is 0.348. The fraction of sp³-hybridized carbons (Fsp3) is 0.483. The van der Waals surface area contributed by atoms with Crippen LogP contribution in [-0.4, -0.2) is 26.2 Å². The molecule has 3 aliphatic rings. The second-order valence-corrected chi connectivity index (χ2v) is 11.7. The lowest BCUT2D eigenvalue weighted by atomic mass is 9.60. The number of nitrogens with one attached hydrogen (secondary N) is 1. The van der Waals surface area contributed by atoms with Gasteiger partial charge in [-0.2, -0.15) is 22.0 Å². The van der Waals surface area contributed by atoms with E-state index in [-0.39, 0.29) is 48.3 Å². The Morgan fingerprint density at radius 1 is 1.02 bits per heavy atom. The zero-order valence-electron chi connectivity index (χ0n) is 22.3. The lowest BCUT2D eigenvalue weighted by Crippen LogP contribution is -2.50. The number of amides is 1. The molecule has 1 aliphatic heterocycles. The van der Waals surface area contributed by atoms with E-state index >= 15 is 8.78 Å². The zero-order chi connectivity index (χ0) is 28.5. The van der Waals surface area contributed by atoms with E-state index in [9.17, 15) is 18.0 Å². The van der Waals surface area contributed by atoms with Crippen LogP contribution in [-0.2, 0) is 37.7 Å². The molecule has 0 bridgehead atoms. The second kappa shape index (κ2) is 9.09. The van der Waals surface area contributed by atoms with Gasteiger partial charge in [-0.3, -0.25) is 4.79 Å². The topological polar surface area (TPSA) is 63.1 Å². The number of carbonyl (C=O) groups is 1. The molecule has 1 N–H and O–H groups in total. The number of hydrogen-bond acceptors (Lipinski definition) is 4. The van der Waals surface area contributed by atoms with E-state index in [1.165, 1.54) is 35.0 Å². The molecule has 3 aromatic rings. The molecule has 0 saturated heterocycles. The summed E-state index contributed by atoms with van der Waals surface area (Å²) in [6.45, 7) is 1.97. The Balaban J connectivity index is 1.34. The lowest BCUT2D eigenvalue weighted by Gasteiger charge is -2.47. The molecule has 40 heavy (non-hydrogen) atoms. The molecule has 2 aliphatic carbocycles. The number of carbonyl (C=O) groups excluding carboxylic acids is 1. The van der Waals surface area contributed by atoms with Crippen molar-refractivity contribution < 1.29 is 26.7 Å². The summed E-state index contributed by atoms with van der Waals surface area (Å²) >= 11 is 0. The number of halogens is 5. The van der Waals surface area contributed by atoms with Crippen molar-refractivity contribution in [2.24, 2.45) is 7.05 Å². The average Bonchev–Trinajstić information content (AvgIpc) is 3.43. The minimum atomic E-state index is -4.65. The van der Waals surface area contributed by atoms with E-state index in [0.29, 0.717) is 17.5 Å². The van der Waals surface area contributed by atoms with Gasteiger partial charge in [-0.15, -0.1) is 10.2 Å². The molecule has 2 fully saturated rings. The Morgan fingerprint density at radius 2 is 1.75 bits per heavy atom. The SMILES string of the molecule is Cn1cnnc1C(F)(F)C1(c2cccc(N3Cc4c(cc(CNC5(C)CCC5)cc4C(F)(F)F)C3=O)c2)CCC1. The van der Waals surface area contributed by atoms with E-state index in [1.807, 2.05) is 6.92 Å². The predicted molar refractivity (Wildman–Crippen MR) is 138 cm³/mol. The van der Waals surface area contributed by atoms with Crippen LogP contribution in [0.5, 0.6) is 0 Å². The molecule has 212 valence electrons. The summed E-state index contributed by atoms with van der Waals surface area (Å²) < 4.78 is 75.5. The van der Waals surface area contributed by atoms with Gasteiger partial charge in [0.05, 0.1) is 17.5 Å². The highest BCUT2D eigenvalue weighted by Crippen LogP contribution is 2.58. The van der Waals surface area contributed by atoms with Crippen LogP contribution in [0.15, 0.2) is 42.7 Å². The number of aryl methyl sites for hydroxylation is 1. The van der Waals surface area contributed by atoms with Crippen molar-refractivity contribution >= 4 is 11.6 Å². The lowest BCUT2D eigenvalue weighted by molar-refractivity contribution is -0.138. The highest BCUT2D eigenvalue weighted by Gasteiger charge is 2.61. The van der Waals surface area contributed by atoms with Gasteiger partial charge in [-0.25, -0.2) is 0 Å². The number of alkyl halides is 5. The van der Waals surface area contributed by atoms with Crippen LogP contribution < -0.4 is 10.2 Å². The van der Waals surface area contributed by atoms with Crippen molar-refractivity contribution in [3.05, 3.63) is 76.4 Å². The van der Waals surface area contributed by atoms with Crippen LogP contribution in [0, 0.1) is 0 Å².